The van der Waals surface area contributed by atoms with Crippen LogP contribution in [-0.4, -0.2) is 28.3 Å². The van der Waals surface area contributed by atoms with Gasteiger partial charge < -0.3 is 5.32 Å². The van der Waals surface area contributed by atoms with Crippen LogP contribution in [0.5, 0.6) is 0 Å². The third kappa shape index (κ3) is 5.34. The lowest BCUT2D eigenvalue weighted by Crippen LogP contribution is -2.30. The second-order valence-electron chi connectivity index (χ2n) is 2.51. The van der Waals surface area contributed by atoms with E-state index in [2.05, 4.69) is 11.2 Å². The predicted molar refractivity (Wildman–Crippen MR) is 54.5 cm³/mol. The van der Waals surface area contributed by atoms with Crippen molar-refractivity contribution in [1.82, 2.24) is 5.32 Å². The van der Waals surface area contributed by atoms with Gasteiger partial charge in [0.2, 0.25) is 0 Å². The van der Waals surface area contributed by atoms with Crippen LogP contribution < -0.4 is 5.32 Å². The first-order chi connectivity index (χ1) is 5.74. The first kappa shape index (κ1) is 11.7. The number of hydrogen-bond donors (Lipinski definition) is 1. The van der Waals surface area contributed by atoms with E-state index in [4.69, 9.17) is 6.42 Å². The Kier molecular flexibility index (Phi) is 7.12. The van der Waals surface area contributed by atoms with Crippen molar-refractivity contribution in [3.05, 3.63) is 0 Å². The van der Waals surface area contributed by atoms with Crippen LogP contribution in [0.2, 0.25) is 0 Å². The van der Waals surface area contributed by atoms with Crippen LogP contribution in [0.1, 0.15) is 20.3 Å². The fraction of sp³-hybridized carbons (Fsp3) is 0.778. The highest BCUT2D eigenvalue weighted by molar-refractivity contribution is 7.84. The molecule has 0 radical (unpaired) electrons. The van der Waals surface area contributed by atoms with E-state index in [-0.39, 0.29) is 6.04 Å². The van der Waals surface area contributed by atoms with Gasteiger partial charge in [-0.25, -0.2) is 0 Å². The highest BCUT2D eigenvalue weighted by atomic mass is 32.2. The molecule has 0 spiro atoms. The standard InChI is InChI=1S/C9H17NOS/c1-4-9(5-2)10-7-8-12(11)6-3/h1,9-10H,5-8H2,2-3H3. The Morgan fingerprint density at radius 1 is 1.58 bits per heavy atom. The smallest absolute Gasteiger partial charge is 0.0684 e. The van der Waals surface area contributed by atoms with Gasteiger partial charge in [0.25, 0.3) is 0 Å². The van der Waals surface area contributed by atoms with Crippen molar-refractivity contribution in [2.75, 3.05) is 18.1 Å². The summed E-state index contributed by atoms with van der Waals surface area (Å²) < 4.78 is 11.0. The van der Waals surface area contributed by atoms with Gasteiger partial charge in [-0.3, -0.25) is 4.21 Å². The molecule has 2 nitrogen and oxygen atoms in total. The molecule has 0 aromatic rings. The van der Waals surface area contributed by atoms with E-state index in [9.17, 15) is 4.21 Å². The van der Waals surface area contributed by atoms with Crippen molar-refractivity contribution in [1.29, 1.82) is 0 Å². The van der Waals surface area contributed by atoms with Gasteiger partial charge in [-0.15, -0.1) is 6.42 Å². The third-order valence-electron chi connectivity index (χ3n) is 1.65. The molecule has 70 valence electrons. The molecule has 0 aliphatic rings. The number of rotatable bonds is 6. The Morgan fingerprint density at radius 2 is 2.25 bits per heavy atom. The average molecular weight is 187 g/mol. The van der Waals surface area contributed by atoms with E-state index >= 15 is 0 Å². The monoisotopic (exact) mass is 187 g/mol. The van der Waals surface area contributed by atoms with Gasteiger partial charge >= 0.3 is 0 Å². The summed E-state index contributed by atoms with van der Waals surface area (Å²) in [6.45, 7) is 4.71. The molecule has 0 rings (SSSR count). The maximum Gasteiger partial charge on any atom is 0.0684 e. The van der Waals surface area contributed by atoms with E-state index in [1.807, 2.05) is 13.8 Å². The molecule has 2 atom stereocenters. The van der Waals surface area contributed by atoms with E-state index < -0.39 is 10.8 Å². The maximum absolute atomic E-state index is 11.0. The highest BCUT2D eigenvalue weighted by Gasteiger charge is 2.00. The fourth-order valence-electron chi connectivity index (χ4n) is 0.812. The van der Waals surface area contributed by atoms with E-state index in [0.29, 0.717) is 5.75 Å². The first-order valence-electron chi connectivity index (χ1n) is 4.29. The Morgan fingerprint density at radius 3 is 2.67 bits per heavy atom. The highest BCUT2D eigenvalue weighted by Crippen LogP contribution is 1.87. The van der Waals surface area contributed by atoms with Gasteiger partial charge in [0, 0.05) is 28.9 Å². The van der Waals surface area contributed by atoms with Gasteiger partial charge in [-0.2, -0.15) is 0 Å². The largest absolute Gasteiger partial charge is 0.303 e. The van der Waals surface area contributed by atoms with Crippen LogP contribution in [0.25, 0.3) is 0 Å². The first-order valence-corrected chi connectivity index (χ1v) is 5.77. The predicted octanol–water partition coefficient (Wildman–Crippen LogP) is 0.756. The zero-order valence-electron chi connectivity index (χ0n) is 7.80. The number of terminal acetylenes is 1. The summed E-state index contributed by atoms with van der Waals surface area (Å²) in [5, 5.41) is 3.16. The average Bonchev–Trinajstić information content (AvgIpc) is 2.12. The quantitative estimate of drug-likeness (QED) is 0.622. The summed E-state index contributed by atoms with van der Waals surface area (Å²) in [7, 11) is -0.678. The van der Waals surface area contributed by atoms with Gasteiger partial charge in [0.05, 0.1) is 6.04 Å². The Labute approximate surface area is 77.6 Å². The van der Waals surface area contributed by atoms with Crippen LogP contribution in [0.15, 0.2) is 0 Å². The Hall–Kier alpha value is -0.330. The van der Waals surface area contributed by atoms with Gasteiger partial charge in [-0.05, 0) is 6.42 Å². The molecule has 0 bridgehead atoms. The van der Waals surface area contributed by atoms with Crippen molar-refractivity contribution in [2.45, 2.75) is 26.3 Å². The normalized spacial score (nSPS) is 15.1. The zero-order valence-corrected chi connectivity index (χ0v) is 8.62. The van der Waals surface area contributed by atoms with Crippen LogP contribution in [0.3, 0.4) is 0 Å². The lowest BCUT2D eigenvalue weighted by Gasteiger charge is -2.09. The maximum atomic E-state index is 11.0. The molecule has 3 heteroatoms. The second-order valence-corrected chi connectivity index (χ2v) is 4.38. The Bertz CT molecular complexity index is 174. The van der Waals surface area contributed by atoms with Gasteiger partial charge in [0.1, 0.15) is 0 Å². The third-order valence-corrected chi connectivity index (χ3v) is 2.96. The van der Waals surface area contributed by atoms with Gasteiger partial charge in [-0.1, -0.05) is 19.8 Å². The van der Waals surface area contributed by atoms with Crippen LogP contribution >= 0.6 is 0 Å². The van der Waals surface area contributed by atoms with Crippen molar-refractivity contribution in [2.24, 2.45) is 0 Å². The minimum Gasteiger partial charge on any atom is -0.303 e. The molecule has 0 fully saturated rings. The van der Waals surface area contributed by atoms with Crippen LogP contribution in [0, 0.1) is 12.3 Å². The molecule has 1 N–H and O–H groups in total. The molecule has 2 unspecified atom stereocenters. The van der Waals surface area contributed by atoms with Crippen LogP contribution in [-0.2, 0) is 10.8 Å². The van der Waals surface area contributed by atoms with Crippen molar-refractivity contribution in [3.63, 3.8) is 0 Å². The minimum atomic E-state index is -0.678. The molecule has 0 saturated heterocycles. The minimum absolute atomic E-state index is 0.138. The van der Waals surface area contributed by atoms with Crippen LogP contribution in [0.4, 0.5) is 0 Å². The number of nitrogens with one attached hydrogen (secondary N) is 1. The molecule has 0 aromatic heterocycles. The molecule has 0 saturated carbocycles. The van der Waals surface area contributed by atoms with E-state index in [1.54, 1.807) is 0 Å². The summed E-state index contributed by atoms with van der Waals surface area (Å²) in [4.78, 5) is 0. The fourth-order valence-corrected chi connectivity index (χ4v) is 1.45. The summed E-state index contributed by atoms with van der Waals surface area (Å²) in [6, 6.07) is 0.138. The second kappa shape index (κ2) is 7.33. The lowest BCUT2D eigenvalue weighted by molar-refractivity contribution is 0.612. The molecule has 0 aliphatic heterocycles. The topological polar surface area (TPSA) is 29.1 Å². The summed E-state index contributed by atoms with van der Waals surface area (Å²) in [6.07, 6.45) is 6.17. The van der Waals surface area contributed by atoms with Crippen molar-refractivity contribution in [3.8, 4) is 12.3 Å². The SMILES string of the molecule is C#CC(CC)NCCS(=O)CC. The molecule has 0 heterocycles. The molecule has 0 amide bonds. The lowest BCUT2D eigenvalue weighted by atomic mass is 10.2. The van der Waals surface area contributed by atoms with Gasteiger partial charge in [0.15, 0.2) is 0 Å². The molecular weight excluding hydrogens is 170 g/mol. The summed E-state index contributed by atoms with van der Waals surface area (Å²) >= 11 is 0. The molecule has 0 aromatic carbocycles. The summed E-state index contributed by atoms with van der Waals surface area (Å²) in [5.41, 5.74) is 0. The Balaban J connectivity index is 3.43. The van der Waals surface area contributed by atoms with E-state index in [1.165, 1.54) is 0 Å². The van der Waals surface area contributed by atoms with Crippen molar-refractivity contribution >= 4 is 10.8 Å². The zero-order chi connectivity index (χ0) is 9.40. The molecule has 12 heavy (non-hydrogen) atoms. The molecular formula is C9H17NOS. The molecule has 0 aliphatic carbocycles. The van der Waals surface area contributed by atoms with Crippen molar-refractivity contribution < 1.29 is 4.21 Å². The summed E-state index contributed by atoms with van der Waals surface area (Å²) in [5.74, 6) is 4.07. The van der Waals surface area contributed by atoms with E-state index in [0.717, 1.165) is 18.7 Å². The number of hydrogen-bond acceptors (Lipinski definition) is 2.